The van der Waals surface area contributed by atoms with E-state index in [1.165, 1.54) is 10.9 Å². The molecule has 0 fully saturated rings. The van der Waals surface area contributed by atoms with E-state index in [0.717, 1.165) is 11.3 Å². The summed E-state index contributed by atoms with van der Waals surface area (Å²) in [5.41, 5.74) is 2.48. The molecular formula is C16H24N2O. The number of hydrogen-bond acceptors (Lipinski definition) is 2. The number of benzene rings is 1. The average molecular weight is 260 g/mol. The summed E-state index contributed by atoms with van der Waals surface area (Å²) in [6.07, 6.45) is 2.12. The van der Waals surface area contributed by atoms with Crippen LogP contribution in [0.2, 0.25) is 0 Å². The summed E-state index contributed by atoms with van der Waals surface area (Å²) >= 11 is 0. The van der Waals surface area contributed by atoms with Crippen molar-refractivity contribution in [1.29, 1.82) is 0 Å². The van der Waals surface area contributed by atoms with Gasteiger partial charge < -0.3 is 15.0 Å². The van der Waals surface area contributed by atoms with E-state index in [-0.39, 0.29) is 0 Å². The van der Waals surface area contributed by atoms with Crippen LogP contribution in [0.1, 0.15) is 39.3 Å². The van der Waals surface area contributed by atoms with E-state index in [2.05, 4.69) is 56.3 Å². The fraction of sp³-hybridized carbons (Fsp3) is 0.500. The van der Waals surface area contributed by atoms with Gasteiger partial charge in [0, 0.05) is 29.2 Å². The molecule has 0 saturated heterocycles. The Morgan fingerprint density at radius 1 is 1.16 bits per heavy atom. The first kappa shape index (κ1) is 13.9. The lowest BCUT2D eigenvalue weighted by Crippen LogP contribution is -2.31. The Hall–Kier alpha value is -1.48. The predicted molar refractivity (Wildman–Crippen MR) is 80.7 cm³/mol. The second kappa shape index (κ2) is 5.66. The van der Waals surface area contributed by atoms with Gasteiger partial charge in [0.25, 0.3) is 0 Å². The minimum absolute atomic E-state index is 0.348. The molecule has 0 aliphatic heterocycles. The van der Waals surface area contributed by atoms with E-state index in [4.69, 9.17) is 4.74 Å². The normalized spacial score (nSPS) is 13.4. The zero-order valence-electron chi connectivity index (χ0n) is 12.4. The Kier molecular flexibility index (Phi) is 4.15. The maximum Gasteiger partial charge on any atom is 0.119 e. The van der Waals surface area contributed by atoms with Crippen LogP contribution in [0.4, 0.5) is 0 Å². The first-order chi connectivity index (χ1) is 9.02. The number of methoxy groups -OCH3 is 1. The molecule has 3 nitrogen and oxygen atoms in total. The molecule has 1 atom stereocenters. The molecule has 0 amide bonds. The molecule has 19 heavy (non-hydrogen) atoms. The highest BCUT2D eigenvalue weighted by Gasteiger charge is 2.20. The Morgan fingerprint density at radius 2 is 1.89 bits per heavy atom. The van der Waals surface area contributed by atoms with Gasteiger partial charge in [-0.05, 0) is 29.7 Å². The zero-order valence-corrected chi connectivity index (χ0v) is 12.4. The Bertz CT molecular complexity index is 543. The molecule has 0 radical (unpaired) electrons. The number of aromatic nitrogens is 1. The number of fused-ring (bicyclic) bond motifs is 1. The van der Waals surface area contributed by atoms with Crippen LogP contribution in [-0.4, -0.2) is 18.1 Å². The summed E-state index contributed by atoms with van der Waals surface area (Å²) in [7, 11) is 1.71. The minimum atomic E-state index is 0.348. The number of ether oxygens (including phenoxy) is 1. The Morgan fingerprint density at radius 3 is 2.47 bits per heavy atom. The van der Waals surface area contributed by atoms with Gasteiger partial charge in [-0.15, -0.1) is 0 Å². The number of nitrogens with one attached hydrogen (secondary N) is 2. The van der Waals surface area contributed by atoms with E-state index < -0.39 is 0 Å². The van der Waals surface area contributed by atoms with E-state index in [1.54, 1.807) is 7.11 Å². The van der Waals surface area contributed by atoms with Crippen molar-refractivity contribution in [2.75, 3.05) is 7.11 Å². The molecule has 0 saturated carbocycles. The Balaban J connectivity index is 2.46. The molecular weight excluding hydrogens is 236 g/mol. The van der Waals surface area contributed by atoms with Gasteiger partial charge in [0.05, 0.1) is 7.11 Å². The molecule has 0 aliphatic carbocycles. The highest BCUT2D eigenvalue weighted by molar-refractivity contribution is 5.85. The number of rotatable bonds is 5. The van der Waals surface area contributed by atoms with Crippen LogP contribution in [0.15, 0.2) is 24.4 Å². The van der Waals surface area contributed by atoms with E-state index in [1.807, 2.05) is 6.07 Å². The van der Waals surface area contributed by atoms with Gasteiger partial charge in [-0.2, -0.15) is 0 Å². The van der Waals surface area contributed by atoms with Crippen LogP contribution in [0, 0.1) is 5.92 Å². The van der Waals surface area contributed by atoms with Crippen molar-refractivity contribution < 1.29 is 4.74 Å². The number of aromatic amines is 1. The molecule has 104 valence electrons. The van der Waals surface area contributed by atoms with Crippen LogP contribution < -0.4 is 10.1 Å². The molecule has 0 bridgehead atoms. The van der Waals surface area contributed by atoms with Gasteiger partial charge in [-0.25, -0.2) is 0 Å². The third kappa shape index (κ3) is 2.92. The fourth-order valence-corrected chi connectivity index (χ4v) is 2.51. The molecule has 1 unspecified atom stereocenters. The van der Waals surface area contributed by atoms with Crippen molar-refractivity contribution in [1.82, 2.24) is 10.3 Å². The molecule has 1 aromatic heterocycles. The SMILES string of the molecule is COc1ccc2[nH]cc(C(NC(C)C)C(C)C)c2c1. The van der Waals surface area contributed by atoms with Crippen molar-refractivity contribution in [3.8, 4) is 5.75 Å². The van der Waals surface area contributed by atoms with Crippen molar-refractivity contribution in [2.24, 2.45) is 5.92 Å². The fourth-order valence-electron chi connectivity index (χ4n) is 2.51. The van der Waals surface area contributed by atoms with Crippen molar-refractivity contribution >= 4 is 10.9 Å². The lowest BCUT2D eigenvalue weighted by Gasteiger charge is -2.24. The van der Waals surface area contributed by atoms with Gasteiger partial charge in [0.15, 0.2) is 0 Å². The van der Waals surface area contributed by atoms with Crippen molar-refractivity contribution in [3.05, 3.63) is 30.0 Å². The predicted octanol–water partition coefficient (Wildman–Crippen LogP) is 3.87. The summed E-state index contributed by atoms with van der Waals surface area (Å²) in [6, 6.07) is 6.98. The molecule has 0 spiro atoms. The van der Waals surface area contributed by atoms with E-state index >= 15 is 0 Å². The highest BCUT2D eigenvalue weighted by atomic mass is 16.5. The third-order valence-corrected chi connectivity index (χ3v) is 3.44. The summed E-state index contributed by atoms with van der Waals surface area (Å²) in [6.45, 7) is 8.87. The largest absolute Gasteiger partial charge is 0.497 e. The van der Waals surface area contributed by atoms with Gasteiger partial charge in [-0.3, -0.25) is 0 Å². The van der Waals surface area contributed by atoms with E-state index in [9.17, 15) is 0 Å². The summed E-state index contributed by atoms with van der Waals surface area (Å²) < 4.78 is 5.33. The molecule has 3 heteroatoms. The Labute approximate surface area is 115 Å². The van der Waals surface area contributed by atoms with Gasteiger partial charge in [-0.1, -0.05) is 27.7 Å². The molecule has 1 aromatic carbocycles. The topological polar surface area (TPSA) is 37.0 Å². The van der Waals surface area contributed by atoms with Crippen LogP contribution in [0.3, 0.4) is 0 Å². The van der Waals surface area contributed by atoms with E-state index in [0.29, 0.717) is 18.0 Å². The summed E-state index contributed by atoms with van der Waals surface area (Å²) in [5, 5.41) is 4.89. The second-order valence-electron chi connectivity index (χ2n) is 5.70. The molecule has 2 rings (SSSR count). The minimum Gasteiger partial charge on any atom is -0.497 e. The number of H-pyrrole nitrogens is 1. The molecule has 2 N–H and O–H groups in total. The summed E-state index contributed by atoms with van der Waals surface area (Å²) in [5.74, 6) is 1.44. The lowest BCUT2D eigenvalue weighted by molar-refractivity contribution is 0.383. The maximum atomic E-state index is 5.33. The maximum absolute atomic E-state index is 5.33. The van der Waals surface area contributed by atoms with Gasteiger partial charge in [0.2, 0.25) is 0 Å². The molecule has 1 heterocycles. The molecule has 0 aliphatic rings. The van der Waals surface area contributed by atoms with Crippen molar-refractivity contribution in [3.63, 3.8) is 0 Å². The number of hydrogen-bond donors (Lipinski definition) is 2. The standard InChI is InChI=1S/C16H24N2O/c1-10(2)16(18-11(3)4)14-9-17-15-7-6-12(19-5)8-13(14)15/h6-11,16-18H,1-5H3. The second-order valence-corrected chi connectivity index (χ2v) is 5.70. The summed E-state index contributed by atoms with van der Waals surface area (Å²) in [4.78, 5) is 3.35. The van der Waals surface area contributed by atoms with Crippen LogP contribution in [0.5, 0.6) is 5.75 Å². The monoisotopic (exact) mass is 260 g/mol. The van der Waals surface area contributed by atoms with Crippen LogP contribution >= 0.6 is 0 Å². The first-order valence-corrected chi connectivity index (χ1v) is 6.94. The highest BCUT2D eigenvalue weighted by Crippen LogP contribution is 2.31. The van der Waals surface area contributed by atoms with Gasteiger partial charge in [0.1, 0.15) is 5.75 Å². The molecule has 2 aromatic rings. The van der Waals surface area contributed by atoms with Crippen molar-refractivity contribution in [2.45, 2.75) is 39.8 Å². The average Bonchev–Trinajstić information content (AvgIpc) is 2.77. The van der Waals surface area contributed by atoms with Crippen LogP contribution in [0.25, 0.3) is 10.9 Å². The zero-order chi connectivity index (χ0) is 14.0. The van der Waals surface area contributed by atoms with Gasteiger partial charge >= 0.3 is 0 Å². The smallest absolute Gasteiger partial charge is 0.119 e. The third-order valence-electron chi connectivity index (χ3n) is 3.44. The lowest BCUT2D eigenvalue weighted by atomic mass is 9.95. The quantitative estimate of drug-likeness (QED) is 0.856. The van der Waals surface area contributed by atoms with Crippen LogP contribution in [-0.2, 0) is 0 Å². The first-order valence-electron chi connectivity index (χ1n) is 6.94.